The number of rotatable bonds is 7. The standard InChI is InChI=1S/C28H25NO8/c1-34-20-9-3-16(13-22(20)35-2)11-12-29-25(17-4-7-19(30)8-5-17)24(27(32)28(29)33)26(31)18-6-10-21-23(14-18)37-15-36-21/h3-10,13-14,25,30-31H,11-12,15H2,1-2H3/b26-24-. The average Bonchev–Trinajstić information content (AvgIpc) is 3.49. The molecule has 9 heteroatoms. The number of aromatic hydroxyl groups is 1. The lowest BCUT2D eigenvalue weighted by atomic mass is 9.95. The van der Waals surface area contributed by atoms with Gasteiger partial charge in [-0.25, -0.2) is 0 Å². The lowest BCUT2D eigenvalue weighted by Gasteiger charge is -2.25. The van der Waals surface area contributed by atoms with Gasteiger partial charge in [0, 0.05) is 12.1 Å². The maximum absolute atomic E-state index is 13.3. The highest BCUT2D eigenvalue weighted by Gasteiger charge is 2.46. The highest BCUT2D eigenvalue weighted by Crippen LogP contribution is 2.42. The van der Waals surface area contributed by atoms with Gasteiger partial charge in [-0.05, 0) is 60.0 Å². The van der Waals surface area contributed by atoms with Crippen LogP contribution in [0.4, 0.5) is 0 Å². The molecule has 2 aliphatic rings. The molecule has 1 amide bonds. The van der Waals surface area contributed by atoms with Gasteiger partial charge in [-0.15, -0.1) is 0 Å². The number of amides is 1. The summed E-state index contributed by atoms with van der Waals surface area (Å²) in [5.41, 5.74) is 1.74. The Bertz CT molecular complexity index is 1400. The van der Waals surface area contributed by atoms with Gasteiger partial charge in [0.05, 0.1) is 25.8 Å². The number of nitrogens with zero attached hydrogens (tertiary/aromatic N) is 1. The summed E-state index contributed by atoms with van der Waals surface area (Å²) in [5, 5.41) is 21.1. The summed E-state index contributed by atoms with van der Waals surface area (Å²) in [5.74, 6) is 0.320. The van der Waals surface area contributed by atoms with Crippen LogP contribution in [0.5, 0.6) is 28.7 Å². The molecular weight excluding hydrogens is 478 g/mol. The van der Waals surface area contributed by atoms with Crippen molar-refractivity contribution in [1.82, 2.24) is 4.90 Å². The van der Waals surface area contributed by atoms with E-state index >= 15 is 0 Å². The van der Waals surface area contributed by atoms with Gasteiger partial charge < -0.3 is 34.1 Å². The van der Waals surface area contributed by atoms with Crippen molar-refractivity contribution in [3.8, 4) is 28.7 Å². The minimum absolute atomic E-state index is 0.0399. The van der Waals surface area contributed by atoms with E-state index in [9.17, 15) is 19.8 Å². The van der Waals surface area contributed by atoms with E-state index in [1.807, 2.05) is 12.1 Å². The van der Waals surface area contributed by atoms with Gasteiger partial charge in [0.25, 0.3) is 11.7 Å². The second-order valence-electron chi connectivity index (χ2n) is 8.59. The number of hydrogen-bond acceptors (Lipinski definition) is 8. The topological polar surface area (TPSA) is 115 Å². The Morgan fingerprint density at radius 3 is 2.41 bits per heavy atom. The number of carbonyl (C=O) groups is 2. The molecule has 0 spiro atoms. The Labute approximate surface area is 213 Å². The summed E-state index contributed by atoms with van der Waals surface area (Å²) in [6, 6.07) is 15.6. The van der Waals surface area contributed by atoms with E-state index in [1.54, 1.807) is 50.6 Å². The first-order valence-electron chi connectivity index (χ1n) is 11.6. The quantitative estimate of drug-likeness (QED) is 0.284. The number of ketones is 1. The van der Waals surface area contributed by atoms with E-state index in [1.165, 1.54) is 17.0 Å². The van der Waals surface area contributed by atoms with Crippen molar-refractivity contribution < 1.29 is 38.7 Å². The third-order valence-corrected chi connectivity index (χ3v) is 6.48. The average molecular weight is 504 g/mol. The van der Waals surface area contributed by atoms with Crippen molar-refractivity contribution in [1.29, 1.82) is 0 Å². The van der Waals surface area contributed by atoms with Crippen molar-refractivity contribution in [3.63, 3.8) is 0 Å². The first-order chi connectivity index (χ1) is 17.9. The van der Waals surface area contributed by atoms with Gasteiger partial charge in [0.1, 0.15) is 11.5 Å². The molecule has 2 aliphatic heterocycles. The monoisotopic (exact) mass is 503 g/mol. The summed E-state index contributed by atoms with van der Waals surface area (Å²) < 4.78 is 21.4. The fourth-order valence-electron chi connectivity index (χ4n) is 4.60. The first-order valence-corrected chi connectivity index (χ1v) is 11.6. The highest BCUT2D eigenvalue weighted by molar-refractivity contribution is 6.46. The van der Waals surface area contributed by atoms with E-state index in [4.69, 9.17) is 18.9 Å². The highest BCUT2D eigenvalue weighted by atomic mass is 16.7. The molecule has 3 aromatic rings. The summed E-state index contributed by atoms with van der Waals surface area (Å²) in [7, 11) is 3.09. The molecule has 5 rings (SSSR count). The molecule has 1 saturated heterocycles. The summed E-state index contributed by atoms with van der Waals surface area (Å²) >= 11 is 0. The zero-order valence-electron chi connectivity index (χ0n) is 20.3. The van der Waals surface area contributed by atoms with Crippen LogP contribution in [0, 0.1) is 0 Å². The Kier molecular flexibility index (Phi) is 6.35. The van der Waals surface area contributed by atoms with Gasteiger partial charge in [-0.2, -0.15) is 0 Å². The SMILES string of the molecule is COc1ccc(CCN2C(=O)C(=O)/C(=C(\O)c3ccc4c(c3)OCO4)C2c2ccc(O)cc2)cc1OC. The molecule has 0 radical (unpaired) electrons. The third kappa shape index (κ3) is 4.40. The number of phenolic OH excluding ortho intramolecular Hbond substituents is 1. The molecule has 37 heavy (non-hydrogen) atoms. The van der Waals surface area contributed by atoms with Gasteiger partial charge in [0.2, 0.25) is 6.79 Å². The van der Waals surface area contributed by atoms with Crippen LogP contribution in [0.15, 0.2) is 66.2 Å². The van der Waals surface area contributed by atoms with Crippen LogP contribution in [0.2, 0.25) is 0 Å². The van der Waals surface area contributed by atoms with Crippen molar-refractivity contribution in [2.75, 3.05) is 27.6 Å². The number of aliphatic hydroxyl groups excluding tert-OH is 1. The lowest BCUT2D eigenvalue weighted by molar-refractivity contribution is -0.139. The molecule has 0 aromatic heterocycles. The predicted octanol–water partition coefficient (Wildman–Crippen LogP) is 3.80. The van der Waals surface area contributed by atoms with Crippen molar-refractivity contribution in [2.45, 2.75) is 12.5 Å². The number of fused-ring (bicyclic) bond motifs is 1. The third-order valence-electron chi connectivity index (χ3n) is 6.48. The fraction of sp³-hybridized carbons (Fsp3) is 0.214. The number of ether oxygens (including phenoxy) is 4. The largest absolute Gasteiger partial charge is 0.508 e. The van der Waals surface area contributed by atoms with E-state index in [2.05, 4.69) is 0 Å². The summed E-state index contributed by atoms with van der Waals surface area (Å²) in [6.45, 7) is 0.261. The van der Waals surface area contributed by atoms with Crippen LogP contribution < -0.4 is 18.9 Å². The Morgan fingerprint density at radius 1 is 0.946 bits per heavy atom. The van der Waals surface area contributed by atoms with Crippen molar-refractivity contribution in [2.24, 2.45) is 0 Å². The molecule has 1 fully saturated rings. The number of aliphatic hydroxyl groups is 1. The van der Waals surface area contributed by atoms with Gasteiger partial charge in [-0.3, -0.25) is 9.59 Å². The second-order valence-corrected chi connectivity index (χ2v) is 8.59. The number of benzene rings is 3. The second kappa shape index (κ2) is 9.77. The number of likely N-dealkylation sites (tertiary alicyclic amines) is 1. The molecule has 2 heterocycles. The molecule has 0 aliphatic carbocycles. The smallest absolute Gasteiger partial charge is 0.295 e. The van der Waals surface area contributed by atoms with E-state index < -0.39 is 17.7 Å². The molecule has 9 nitrogen and oxygen atoms in total. The summed E-state index contributed by atoms with van der Waals surface area (Å²) in [4.78, 5) is 27.9. The van der Waals surface area contributed by atoms with Gasteiger partial charge in [-0.1, -0.05) is 18.2 Å². The van der Waals surface area contributed by atoms with Crippen LogP contribution in [0.25, 0.3) is 5.76 Å². The molecular formula is C28H25NO8. The zero-order valence-corrected chi connectivity index (χ0v) is 20.3. The minimum Gasteiger partial charge on any atom is -0.508 e. The molecule has 2 N–H and O–H groups in total. The predicted molar refractivity (Wildman–Crippen MR) is 133 cm³/mol. The van der Waals surface area contributed by atoms with Crippen molar-refractivity contribution in [3.05, 3.63) is 82.9 Å². The van der Waals surface area contributed by atoms with E-state index in [0.717, 1.165) is 5.56 Å². The Balaban J connectivity index is 1.53. The van der Waals surface area contributed by atoms with E-state index in [0.29, 0.717) is 40.5 Å². The molecule has 1 unspecified atom stereocenters. The van der Waals surface area contributed by atoms with Crippen LogP contribution in [0.3, 0.4) is 0 Å². The van der Waals surface area contributed by atoms with Crippen LogP contribution in [-0.2, 0) is 16.0 Å². The van der Waals surface area contributed by atoms with Crippen molar-refractivity contribution >= 4 is 17.4 Å². The fourth-order valence-corrected chi connectivity index (χ4v) is 4.60. The Morgan fingerprint density at radius 2 is 1.68 bits per heavy atom. The first kappa shape index (κ1) is 24.1. The molecule has 0 saturated carbocycles. The van der Waals surface area contributed by atoms with Crippen LogP contribution in [-0.4, -0.2) is 54.4 Å². The minimum atomic E-state index is -0.855. The van der Waals surface area contributed by atoms with Gasteiger partial charge in [0.15, 0.2) is 23.0 Å². The van der Waals surface area contributed by atoms with Gasteiger partial charge >= 0.3 is 0 Å². The van der Waals surface area contributed by atoms with E-state index in [-0.39, 0.29) is 30.4 Å². The maximum atomic E-state index is 13.3. The van der Waals surface area contributed by atoms with Crippen LogP contribution >= 0.6 is 0 Å². The molecule has 3 aromatic carbocycles. The molecule has 190 valence electrons. The maximum Gasteiger partial charge on any atom is 0.295 e. The molecule has 0 bridgehead atoms. The molecule has 1 atom stereocenters. The number of methoxy groups -OCH3 is 2. The number of hydrogen-bond donors (Lipinski definition) is 2. The normalized spacial score (nSPS) is 17.8. The zero-order chi connectivity index (χ0) is 26.1. The van der Waals surface area contributed by atoms with Crippen LogP contribution in [0.1, 0.15) is 22.7 Å². The lowest BCUT2D eigenvalue weighted by Crippen LogP contribution is -2.31. The number of Topliss-reactive ketones (excluding diaryl/α,β-unsaturated/α-hetero) is 1. The number of carbonyl (C=O) groups excluding carboxylic acids is 2. The number of phenols is 1. The summed E-state index contributed by atoms with van der Waals surface area (Å²) in [6.07, 6.45) is 0.423. The Hall–Kier alpha value is -4.66.